The van der Waals surface area contributed by atoms with Gasteiger partial charge >= 0.3 is 0 Å². The summed E-state index contributed by atoms with van der Waals surface area (Å²) in [5.41, 5.74) is 6.65. The van der Waals surface area contributed by atoms with Crippen LogP contribution in [0.4, 0.5) is 0 Å². The van der Waals surface area contributed by atoms with Crippen molar-refractivity contribution in [3.63, 3.8) is 0 Å². The van der Waals surface area contributed by atoms with Gasteiger partial charge in [-0.3, -0.25) is 14.2 Å². The molecule has 2 aromatic rings. The molecule has 0 saturated carbocycles. The van der Waals surface area contributed by atoms with Crippen LogP contribution in [0.5, 0.6) is 0 Å². The molecule has 3 rings (SSSR count). The van der Waals surface area contributed by atoms with Crippen LogP contribution in [0.1, 0.15) is 50.0 Å². The van der Waals surface area contributed by atoms with E-state index in [1.165, 1.54) is 22.2 Å². The van der Waals surface area contributed by atoms with Crippen LogP contribution < -0.4 is 11.3 Å². The Morgan fingerprint density at radius 2 is 2.21 bits per heavy atom. The summed E-state index contributed by atoms with van der Waals surface area (Å²) < 4.78 is 1.76. The number of aryl methyl sites for hydroxylation is 2. The minimum atomic E-state index is -0.404. The molecular formula is C17H23N3O2S2. The number of carbonyl (C=O) groups is 1. The lowest BCUT2D eigenvalue weighted by Gasteiger charge is -2.14. The van der Waals surface area contributed by atoms with Crippen LogP contribution in [0.15, 0.2) is 9.95 Å². The number of thiophene rings is 1. The molecule has 2 N–H and O–H groups in total. The third-order valence-corrected chi connectivity index (χ3v) is 6.75. The van der Waals surface area contributed by atoms with Crippen LogP contribution in [0, 0.1) is 0 Å². The molecule has 0 fully saturated rings. The summed E-state index contributed by atoms with van der Waals surface area (Å²) in [6.45, 7) is 4.54. The van der Waals surface area contributed by atoms with E-state index < -0.39 is 5.25 Å². The fourth-order valence-corrected chi connectivity index (χ4v) is 5.27. The highest BCUT2D eigenvalue weighted by molar-refractivity contribution is 8.00. The topological polar surface area (TPSA) is 78.0 Å². The lowest BCUT2D eigenvalue weighted by molar-refractivity contribution is -0.117. The molecule has 2 heterocycles. The van der Waals surface area contributed by atoms with E-state index in [1.54, 1.807) is 22.8 Å². The van der Waals surface area contributed by atoms with Crippen molar-refractivity contribution in [1.82, 2.24) is 9.55 Å². The highest BCUT2D eigenvalue weighted by Gasteiger charge is 2.24. The molecule has 24 heavy (non-hydrogen) atoms. The minimum Gasteiger partial charge on any atom is -0.369 e. The number of primary amides is 1. The average Bonchev–Trinajstić information content (AvgIpc) is 3.10. The summed E-state index contributed by atoms with van der Waals surface area (Å²) in [5.74, 6) is -0.386. The maximum absolute atomic E-state index is 13.1. The first-order valence-electron chi connectivity index (χ1n) is 8.54. The molecule has 0 spiro atoms. The van der Waals surface area contributed by atoms with Gasteiger partial charge < -0.3 is 5.73 Å². The molecule has 5 nitrogen and oxygen atoms in total. The molecule has 1 amide bonds. The Labute approximate surface area is 149 Å². The molecular weight excluding hydrogens is 342 g/mol. The minimum absolute atomic E-state index is 0.0506. The quantitative estimate of drug-likeness (QED) is 0.465. The van der Waals surface area contributed by atoms with Crippen molar-refractivity contribution in [3.05, 3.63) is 20.8 Å². The molecule has 0 radical (unpaired) electrons. The van der Waals surface area contributed by atoms with Crippen LogP contribution >= 0.6 is 23.1 Å². The van der Waals surface area contributed by atoms with Crippen LogP contribution in [-0.4, -0.2) is 20.7 Å². The van der Waals surface area contributed by atoms with Gasteiger partial charge in [-0.05, 0) is 38.2 Å². The number of thioether (sulfide) groups is 1. The van der Waals surface area contributed by atoms with Crippen molar-refractivity contribution in [3.8, 4) is 0 Å². The molecule has 130 valence electrons. The molecule has 1 aliphatic rings. The van der Waals surface area contributed by atoms with E-state index in [1.807, 2.05) is 0 Å². The fraction of sp³-hybridized carbons (Fsp3) is 0.588. The van der Waals surface area contributed by atoms with E-state index in [0.717, 1.165) is 48.7 Å². The summed E-state index contributed by atoms with van der Waals surface area (Å²) in [5, 5.41) is 1.02. The first-order chi connectivity index (χ1) is 11.5. The lowest BCUT2D eigenvalue weighted by atomic mass is 10.2. The van der Waals surface area contributed by atoms with Gasteiger partial charge in [0.1, 0.15) is 4.83 Å². The van der Waals surface area contributed by atoms with E-state index in [2.05, 4.69) is 6.92 Å². The third kappa shape index (κ3) is 3.24. The largest absolute Gasteiger partial charge is 0.369 e. The van der Waals surface area contributed by atoms with Gasteiger partial charge in [0.25, 0.3) is 5.56 Å². The predicted octanol–water partition coefficient (Wildman–Crippen LogP) is 3.10. The van der Waals surface area contributed by atoms with E-state index in [0.29, 0.717) is 11.7 Å². The summed E-state index contributed by atoms with van der Waals surface area (Å²) in [7, 11) is 0. The van der Waals surface area contributed by atoms with Crippen molar-refractivity contribution in [2.24, 2.45) is 5.73 Å². The van der Waals surface area contributed by atoms with Gasteiger partial charge in [-0.25, -0.2) is 4.98 Å². The second kappa shape index (κ2) is 7.27. The second-order valence-electron chi connectivity index (χ2n) is 6.26. The van der Waals surface area contributed by atoms with Crippen molar-refractivity contribution in [2.75, 3.05) is 0 Å². The molecule has 0 saturated heterocycles. The molecule has 1 atom stereocenters. The zero-order chi connectivity index (χ0) is 17.3. The van der Waals surface area contributed by atoms with Crippen LogP contribution in [0.2, 0.25) is 0 Å². The van der Waals surface area contributed by atoms with E-state index in [9.17, 15) is 9.59 Å². The Balaban J connectivity index is 2.08. The summed E-state index contributed by atoms with van der Waals surface area (Å²) in [6, 6.07) is 0. The zero-order valence-electron chi connectivity index (χ0n) is 14.1. The number of nitrogens with zero attached hydrogens (tertiary/aromatic N) is 2. The molecule has 7 heteroatoms. The third-order valence-electron chi connectivity index (χ3n) is 4.46. The number of carbonyl (C=O) groups excluding carboxylic acids is 1. The Morgan fingerprint density at radius 1 is 1.42 bits per heavy atom. The standard InChI is InChI=1S/C17H23N3O2S2/c1-3-4-5-9-20-16(22)13-11-7-6-8-12(11)24-15(13)19-17(20)23-10(2)14(18)21/h10H,3-9H2,1-2H3,(H2,18,21)/t10-/m1/s1. The van der Waals surface area contributed by atoms with E-state index in [4.69, 9.17) is 10.7 Å². The second-order valence-corrected chi connectivity index (χ2v) is 8.65. The summed E-state index contributed by atoms with van der Waals surface area (Å²) >= 11 is 2.92. The monoisotopic (exact) mass is 365 g/mol. The van der Waals surface area contributed by atoms with Gasteiger partial charge in [-0.2, -0.15) is 0 Å². The molecule has 0 bridgehead atoms. The lowest BCUT2D eigenvalue weighted by Crippen LogP contribution is -2.27. The van der Waals surface area contributed by atoms with E-state index >= 15 is 0 Å². The number of nitrogens with two attached hydrogens (primary N) is 1. The van der Waals surface area contributed by atoms with Gasteiger partial charge in [-0.15, -0.1) is 11.3 Å². The zero-order valence-corrected chi connectivity index (χ0v) is 15.8. The molecule has 0 unspecified atom stereocenters. The smallest absolute Gasteiger partial charge is 0.263 e. The number of rotatable bonds is 7. The van der Waals surface area contributed by atoms with Gasteiger partial charge in [0, 0.05) is 11.4 Å². The van der Waals surface area contributed by atoms with Crippen LogP contribution in [0.25, 0.3) is 10.2 Å². The molecule has 0 aromatic carbocycles. The van der Waals surface area contributed by atoms with Crippen molar-refractivity contribution >= 4 is 39.2 Å². The number of unbranched alkanes of at least 4 members (excludes halogenated alkanes) is 2. The Morgan fingerprint density at radius 3 is 2.92 bits per heavy atom. The van der Waals surface area contributed by atoms with Gasteiger partial charge in [0.15, 0.2) is 5.16 Å². The highest BCUT2D eigenvalue weighted by atomic mass is 32.2. The maximum Gasteiger partial charge on any atom is 0.263 e. The fourth-order valence-electron chi connectivity index (χ4n) is 3.08. The number of amides is 1. The Bertz CT molecular complexity index is 825. The van der Waals surface area contributed by atoms with Gasteiger partial charge in [-0.1, -0.05) is 31.5 Å². The number of fused-ring (bicyclic) bond motifs is 3. The summed E-state index contributed by atoms with van der Waals surface area (Å²) in [6.07, 6.45) is 6.26. The number of hydrogen-bond acceptors (Lipinski definition) is 5. The van der Waals surface area contributed by atoms with Gasteiger partial charge in [0.05, 0.1) is 10.6 Å². The van der Waals surface area contributed by atoms with Gasteiger partial charge in [0.2, 0.25) is 5.91 Å². The SMILES string of the molecule is CCCCCn1c(S[C@H](C)C(N)=O)nc2sc3c(c2c1=O)CCC3. The number of hydrogen-bond donors (Lipinski definition) is 1. The normalized spacial score (nSPS) is 14.9. The van der Waals surface area contributed by atoms with Crippen LogP contribution in [0.3, 0.4) is 0 Å². The first kappa shape index (κ1) is 17.5. The van der Waals surface area contributed by atoms with Crippen molar-refractivity contribution < 1.29 is 4.79 Å². The first-order valence-corrected chi connectivity index (χ1v) is 10.2. The van der Waals surface area contributed by atoms with Crippen LogP contribution in [-0.2, 0) is 24.2 Å². The van der Waals surface area contributed by atoms with Crippen molar-refractivity contribution in [1.29, 1.82) is 0 Å². The molecule has 2 aromatic heterocycles. The highest BCUT2D eigenvalue weighted by Crippen LogP contribution is 2.36. The molecule has 0 aliphatic heterocycles. The Hall–Kier alpha value is -1.34. The van der Waals surface area contributed by atoms with E-state index in [-0.39, 0.29) is 11.5 Å². The Kier molecular flexibility index (Phi) is 5.30. The number of aromatic nitrogens is 2. The maximum atomic E-state index is 13.1. The average molecular weight is 366 g/mol. The predicted molar refractivity (Wildman–Crippen MR) is 99.9 cm³/mol. The summed E-state index contributed by atoms with van der Waals surface area (Å²) in [4.78, 5) is 31.4. The molecule has 1 aliphatic carbocycles. The van der Waals surface area contributed by atoms with Crippen molar-refractivity contribution in [2.45, 2.75) is 69.3 Å².